The highest BCUT2D eigenvalue weighted by molar-refractivity contribution is 5.84. The van der Waals surface area contributed by atoms with Crippen LogP contribution in [0.5, 0.6) is 0 Å². The Morgan fingerprint density at radius 1 is 1.15 bits per heavy atom. The zero-order chi connectivity index (χ0) is 19.4. The molecular weight excluding hydrogens is 334 g/mol. The fourth-order valence-corrected chi connectivity index (χ4v) is 2.52. The predicted molar refractivity (Wildman–Crippen MR) is 98.1 cm³/mol. The molecule has 6 nitrogen and oxygen atoms in total. The van der Waals surface area contributed by atoms with Crippen LogP contribution in [0.15, 0.2) is 30.3 Å². The first kappa shape index (κ1) is 21.7. The van der Waals surface area contributed by atoms with Crippen molar-refractivity contribution in [2.75, 3.05) is 13.1 Å². The molecule has 0 aliphatic carbocycles. The van der Waals surface area contributed by atoms with Crippen molar-refractivity contribution in [3.05, 3.63) is 35.9 Å². The summed E-state index contributed by atoms with van der Waals surface area (Å²) in [5.41, 5.74) is 1.01. The summed E-state index contributed by atoms with van der Waals surface area (Å²) in [4.78, 5) is 34.9. The molecule has 1 aromatic rings. The second-order valence-corrected chi connectivity index (χ2v) is 6.43. The van der Waals surface area contributed by atoms with Crippen LogP contribution in [0, 0.1) is 5.92 Å². The van der Waals surface area contributed by atoms with Gasteiger partial charge in [-0.05, 0) is 24.3 Å². The minimum Gasteiger partial charge on any atom is -0.463 e. The molecule has 0 radical (unpaired) electrons. The number of amides is 1. The molecule has 1 aromatic carbocycles. The van der Waals surface area contributed by atoms with Gasteiger partial charge < -0.3 is 14.4 Å². The summed E-state index contributed by atoms with van der Waals surface area (Å²) in [7, 11) is 0. The van der Waals surface area contributed by atoms with Crippen molar-refractivity contribution in [1.82, 2.24) is 4.90 Å². The summed E-state index contributed by atoms with van der Waals surface area (Å²) < 4.78 is 9.74. The zero-order valence-electron chi connectivity index (χ0n) is 15.8. The Balaban J connectivity index is 0.000000289. The molecule has 1 saturated heterocycles. The van der Waals surface area contributed by atoms with Crippen molar-refractivity contribution in [1.29, 1.82) is 0 Å². The van der Waals surface area contributed by atoms with Gasteiger partial charge in [0, 0.05) is 19.5 Å². The molecule has 6 heteroatoms. The van der Waals surface area contributed by atoms with E-state index in [0.717, 1.165) is 31.5 Å². The number of carbonyl (C=O) groups is 3. The van der Waals surface area contributed by atoms with Gasteiger partial charge in [0.25, 0.3) is 12.4 Å². The second-order valence-electron chi connectivity index (χ2n) is 6.43. The van der Waals surface area contributed by atoms with Gasteiger partial charge >= 0.3 is 5.97 Å². The molecule has 1 aliphatic heterocycles. The Kier molecular flexibility index (Phi) is 10.1. The SMILES string of the molecule is CCC(=O)OC(C(=O)N1CCCC1)C(C)C.O=COCc1ccccc1. The summed E-state index contributed by atoms with van der Waals surface area (Å²) in [6, 6.07) is 9.55. The lowest BCUT2D eigenvalue weighted by Gasteiger charge is -2.25. The number of rotatable bonds is 7. The summed E-state index contributed by atoms with van der Waals surface area (Å²) in [5, 5.41) is 0. The van der Waals surface area contributed by atoms with E-state index in [-0.39, 0.29) is 17.8 Å². The highest BCUT2D eigenvalue weighted by Gasteiger charge is 2.31. The Labute approximate surface area is 155 Å². The maximum absolute atomic E-state index is 12.1. The van der Waals surface area contributed by atoms with Crippen LogP contribution >= 0.6 is 0 Å². The number of hydrogen-bond acceptors (Lipinski definition) is 5. The topological polar surface area (TPSA) is 72.9 Å². The number of esters is 1. The van der Waals surface area contributed by atoms with Crippen LogP contribution in [-0.2, 0) is 30.5 Å². The molecule has 0 saturated carbocycles. The normalized spacial score (nSPS) is 14.2. The van der Waals surface area contributed by atoms with Gasteiger partial charge in [-0.25, -0.2) is 0 Å². The minimum absolute atomic E-state index is 0.0311. The molecule has 0 N–H and O–H groups in total. The maximum atomic E-state index is 12.1. The third-order valence-electron chi connectivity index (χ3n) is 3.97. The predicted octanol–water partition coefficient (Wildman–Crippen LogP) is 2.95. The summed E-state index contributed by atoms with van der Waals surface area (Å²) >= 11 is 0. The van der Waals surface area contributed by atoms with Crippen molar-refractivity contribution in [3.8, 4) is 0 Å². The van der Waals surface area contributed by atoms with E-state index in [2.05, 4.69) is 4.74 Å². The third-order valence-corrected chi connectivity index (χ3v) is 3.97. The van der Waals surface area contributed by atoms with E-state index in [1.165, 1.54) is 0 Å². The van der Waals surface area contributed by atoms with Gasteiger partial charge in [-0.1, -0.05) is 51.1 Å². The van der Waals surface area contributed by atoms with Gasteiger partial charge in [0.2, 0.25) is 0 Å². The van der Waals surface area contributed by atoms with E-state index < -0.39 is 6.10 Å². The van der Waals surface area contributed by atoms with Gasteiger partial charge in [0.15, 0.2) is 6.10 Å². The molecule has 2 rings (SSSR count). The van der Waals surface area contributed by atoms with Crippen LogP contribution in [-0.4, -0.2) is 42.4 Å². The molecule has 1 unspecified atom stereocenters. The van der Waals surface area contributed by atoms with E-state index >= 15 is 0 Å². The van der Waals surface area contributed by atoms with E-state index in [4.69, 9.17) is 4.74 Å². The minimum atomic E-state index is -0.606. The van der Waals surface area contributed by atoms with Crippen LogP contribution in [0.2, 0.25) is 0 Å². The van der Waals surface area contributed by atoms with E-state index in [9.17, 15) is 14.4 Å². The molecule has 1 aliphatic rings. The first-order valence-electron chi connectivity index (χ1n) is 9.07. The maximum Gasteiger partial charge on any atom is 0.306 e. The Morgan fingerprint density at radius 3 is 2.27 bits per heavy atom. The lowest BCUT2D eigenvalue weighted by Crippen LogP contribution is -2.42. The number of carbonyl (C=O) groups excluding carboxylic acids is 3. The van der Waals surface area contributed by atoms with E-state index in [1.54, 1.807) is 11.8 Å². The van der Waals surface area contributed by atoms with E-state index in [0.29, 0.717) is 19.5 Å². The molecule has 26 heavy (non-hydrogen) atoms. The number of hydrogen-bond donors (Lipinski definition) is 0. The number of ether oxygens (including phenoxy) is 2. The lowest BCUT2D eigenvalue weighted by molar-refractivity contribution is -0.162. The van der Waals surface area contributed by atoms with E-state index in [1.807, 2.05) is 44.2 Å². The summed E-state index contributed by atoms with van der Waals surface area (Å²) in [5.74, 6) is -0.302. The van der Waals surface area contributed by atoms with Crippen LogP contribution in [0.1, 0.15) is 45.6 Å². The summed E-state index contributed by atoms with van der Waals surface area (Å²) in [6.07, 6.45) is 1.82. The molecule has 0 spiro atoms. The van der Waals surface area contributed by atoms with Crippen LogP contribution in [0.25, 0.3) is 0 Å². The number of nitrogens with zero attached hydrogens (tertiary/aromatic N) is 1. The molecular formula is C20H29NO5. The average molecular weight is 363 g/mol. The molecule has 1 amide bonds. The largest absolute Gasteiger partial charge is 0.463 e. The quantitative estimate of drug-likeness (QED) is 0.550. The molecule has 1 atom stereocenters. The molecule has 1 heterocycles. The Morgan fingerprint density at radius 2 is 1.77 bits per heavy atom. The zero-order valence-corrected chi connectivity index (χ0v) is 15.8. The summed E-state index contributed by atoms with van der Waals surface area (Å²) in [6.45, 7) is 7.96. The van der Waals surface area contributed by atoms with Gasteiger partial charge in [-0.15, -0.1) is 0 Å². The van der Waals surface area contributed by atoms with Crippen LogP contribution < -0.4 is 0 Å². The highest BCUT2D eigenvalue weighted by atomic mass is 16.5. The van der Waals surface area contributed by atoms with Crippen molar-refractivity contribution < 1.29 is 23.9 Å². The molecule has 0 aromatic heterocycles. The van der Waals surface area contributed by atoms with Crippen molar-refractivity contribution in [2.24, 2.45) is 5.92 Å². The van der Waals surface area contributed by atoms with Crippen LogP contribution in [0.3, 0.4) is 0 Å². The van der Waals surface area contributed by atoms with Gasteiger partial charge in [0.1, 0.15) is 6.61 Å². The fraction of sp³-hybridized carbons (Fsp3) is 0.550. The molecule has 1 fully saturated rings. The number of likely N-dealkylation sites (tertiary alicyclic amines) is 1. The van der Waals surface area contributed by atoms with Gasteiger partial charge in [0.05, 0.1) is 0 Å². The Hall–Kier alpha value is -2.37. The smallest absolute Gasteiger partial charge is 0.306 e. The lowest BCUT2D eigenvalue weighted by atomic mass is 10.1. The highest BCUT2D eigenvalue weighted by Crippen LogP contribution is 2.16. The average Bonchev–Trinajstić information content (AvgIpc) is 3.19. The molecule has 144 valence electrons. The first-order chi connectivity index (χ1) is 12.5. The fourth-order valence-electron chi connectivity index (χ4n) is 2.52. The van der Waals surface area contributed by atoms with Crippen LogP contribution in [0.4, 0.5) is 0 Å². The first-order valence-corrected chi connectivity index (χ1v) is 9.07. The van der Waals surface area contributed by atoms with Gasteiger partial charge in [-0.2, -0.15) is 0 Å². The molecule has 0 bridgehead atoms. The van der Waals surface area contributed by atoms with Crippen molar-refractivity contribution >= 4 is 18.3 Å². The Bertz CT molecular complexity index is 553. The third kappa shape index (κ3) is 7.68. The standard InChI is InChI=1S/C12H21NO3.C8H8O2/c1-4-10(14)16-11(9(2)3)12(15)13-7-5-6-8-13;9-7-10-6-8-4-2-1-3-5-8/h9,11H,4-8H2,1-3H3;1-5,7H,6H2. The monoisotopic (exact) mass is 363 g/mol. The van der Waals surface area contributed by atoms with Crippen molar-refractivity contribution in [2.45, 2.75) is 52.7 Å². The van der Waals surface area contributed by atoms with Crippen molar-refractivity contribution in [3.63, 3.8) is 0 Å². The number of benzene rings is 1. The second kappa shape index (κ2) is 12.1. The van der Waals surface area contributed by atoms with Gasteiger partial charge in [-0.3, -0.25) is 14.4 Å².